The van der Waals surface area contributed by atoms with Crippen molar-refractivity contribution in [3.63, 3.8) is 0 Å². The lowest BCUT2D eigenvalue weighted by molar-refractivity contribution is -0.119. The summed E-state index contributed by atoms with van der Waals surface area (Å²) < 4.78 is 0. The van der Waals surface area contributed by atoms with Crippen LogP contribution in [-0.2, 0) is 4.79 Å². The Labute approximate surface area is 182 Å². The van der Waals surface area contributed by atoms with Gasteiger partial charge in [0.2, 0.25) is 5.91 Å². The fourth-order valence-electron chi connectivity index (χ4n) is 3.91. The predicted molar refractivity (Wildman–Crippen MR) is 123 cm³/mol. The summed E-state index contributed by atoms with van der Waals surface area (Å²) in [6, 6.07) is 0. The number of hydrogen-bond acceptors (Lipinski definition) is 4. The van der Waals surface area contributed by atoms with Gasteiger partial charge in [0.1, 0.15) is 0 Å². The molecule has 0 saturated carbocycles. The van der Waals surface area contributed by atoms with Crippen LogP contribution in [0.3, 0.4) is 0 Å². The summed E-state index contributed by atoms with van der Waals surface area (Å²) in [5, 5.41) is 3.43. The monoisotopic (exact) mass is 494 g/mol. The molecule has 8 heteroatoms. The molecule has 2 unspecified atom stereocenters. The van der Waals surface area contributed by atoms with Gasteiger partial charge in [-0.3, -0.25) is 9.79 Å². The maximum atomic E-state index is 11.2. The number of nitrogens with zero attached hydrogens (tertiary/aromatic N) is 4. The van der Waals surface area contributed by atoms with Gasteiger partial charge in [-0.1, -0.05) is 6.92 Å². The Morgan fingerprint density at radius 3 is 2.59 bits per heavy atom. The van der Waals surface area contributed by atoms with Crippen LogP contribution in [0.5, 0.6) is 0 Å². The molecule has 0 spiro atoms. The van der Waals surface area contributed by atoms with E-state index in [2.05, 4.69) is 40.9 Å². The summed E-state index contributed by atoms with van der Waals surface area (Å²) in [6.07, 6.45) is 2.66. The van der Waals surface area contributed by atoms with E-state index in [9.17, 15) is 4.79 Å². The molecule has 7 nitrogen and oxygen atoms in total. The lowest BCUT2D eigenvalue weighted by Gasteiger charge is -2.35. The van der Waals surface area contributed by atoms with Crippen molar-refractivity contribution >= 4 is 35.8 Å². The predicted octanol–water partition coefficient (Wildman–Crippen LogP) is 1.04. The minimum Gasteiger partial charge on any atom is -0.370 e. The van der Waals surface area contributed by atoms with Crippen molar-refractivity contribution in [2.75, 3.05) is 66.0 Å². The quantitative estimate of drug-likeness (QED) is 0.314. The Hall–Kier alpha value is -0.610. The van der Waals surface area contributed by atoms with Crippen molar-refractivity contribution in [1.29, 1.82) is 0 Å². The molecule has 2 aliphatic heterocycles. The normalized spacial score (nSPS) is 23.6. The first-order valence-corrected chi connectivity index (χ1v) is 10.2. The summed E-state index contributed by atoms with van der Waals surface area (Å²) in [4.78, 5) is 23.4. The number of likely N-dealkylation sites (N-methyl/N-ethyl adjacent to an activating group) is 1. The smallest absolute Gasteiger partial charge is 0.217 e. The number of likely N-dealkylation sites (tertiary alicyclic amines) is 1. The van der Waals surface area contributed by atoms with Crippen LogP contribution in [0, 0.1) is 11.8 Å². The average Bonchev–Trinajstić information content (AvgIpc) is 2.60. The van der Waals surface area contributed by atoms with Crippen molar-refractivity contribution in [1.82, 2.24) is 20.0 Å². The molecule has 0 aromatic rings. The van der Waals surface area contributed by atoms with Gasteiger partial charge in [0.25, 0.3) is 0 Å². The average molecular weight is 494 g/mol. The highest BCUT2D eigenvalue weighted by molar-refractivity contribution is 14.0. The molecule has 1 amide bonds. The number of halogens is 1. The van der Waals surface area contributed by atoms with E-state index in [1.165, 1.54) is 0 Å². The second-order valence-corrected chi connectivity index (χ2v) is 8.03. The Kier molecular flexibility index (Phi) is 11.6. The van der Waals surface area contributed by atoms with Crippen LogP contribution < -0.4 is 11.1 Å². The Morgan fingerprint density at radius 2 is 1.96 bits per heavy atom. The van der Waals surface area contributed by atoms with Crippen molar-refractivity contribution in [2.24, 2.45) is 22.6 Å². The largest absolute Gasteiger partial charge is 0.370 e. The summed E-state index contributed by atoms with van der Waals surface area (Å²) in [6.45, 7) is 13.7. The number of rotatable bonds is 7. The van der Waals surface area contributed by atoms with Gasteiger partial charge in [0.15, 0.2) is 5.96 Å². The number of carbonyl (C=O) groups is 1. The van der Waals surface area contributed by atoms with Gasteiger partial charge in [-0.2, -0.15) is 0 Å². The molecular weight excluding hydrogens is 455 g/mol. The van der Waals surface area contributed by atoms with Gasteiger partial charge in [-0.15, -0.1) is 24.0 Å². The second-order valence-electron chi connectivity index (χ2n) is 8.03. The molecule has 2 fully saturated rings. The first-order chi connectivity index (χ1) is 12.5. The standard InChI is InChI=1S/C19H38N6O.HI/c1-4-21-19(25-7-5-6-17(15-25)12-18(20)26)22-13-16(2)14-24-10-8-23(3)9-11-24;/h16-17H,4-15H2,1-3H3,(H2,20,26)(H,21,22);1H. The van der Waals surface area contributed by atoms with Crippen LogP contribution >= 0.6 is 24.0 Å². The number of primary amides is 1. The van der Waals surface area contributed by atoms with E-state index in [4.69, 9.17) is 10.7 Å². The van der Waals surface area contributed by atoms with Gasteiger partial charge >= 0.3 is 0 Å². The highest BCUT2D eigenvalue weighted by atomic mass is 127. The summed E-state index contributed by atoms with van der Waals surface area (Å²) in [5.74, 6) is 1.69. The number of piperazine rings is 1. The molecule has 0 aliphatic carbocycles. The van der Waals surface area contributed by atoms with E-state index < -0.39 is 0 Å². The number of piperidine rings is 1. The first kappa shape index (κ1) is 24.4. The molecule has 0 aromatic carbocycles. The van der Waals surface area contributed by atoms with Gasteiger partial charge < -0.3 is 25.8 Å². The lowest BCUT2D eigenvalue weighted by atomic mass is 9.95. The zero-order valence-corrected chi connectivity index (χ0v) is 19.7. The molecule has 158 valence electrons. The molecule has 2 heterocycles. The maximum Gasteiger partial charge on any atom is 0.217 e. The van der Waals surface area contributed by atoms with Crippen molar-refractivity contribution in [3.05, 3.63) is 0 Å². The Bertz CT molecular complexity index is 467. The zero-order valence-electron chi connectivity index (χ0n) is 17.3. The number of nitrogens with two attached hydrogens (primary N) is 1. The van der Waals surface area contributed by atoms with E-state index in [1.54, 1.807) is 0 Å². The van der Waals surface area contributed by atoms with Gasteiger partial charge in [-0.25, -0.2) is 0 Å². The van der Waals surface area contributed by atoms with Crippen LogP contribution in [0.2, 0.25) is 0 Å². The second kappa shape index (κ2) is 12.8. The fourth-order valence-corrected chi connectivity index (χ4v) is 3.91. The van der Waals surface area contributed by atoms with E-state index in [1.807, 2.05) is 0 Å². The minimum absolute atomic E-state index is 0. The number of guanidine groups is 1. The fraction of sp³-hybridized carbons (Fsp3) is 0.895. The van der Waals surface area contributed by atoms with E-state index in [0.717, 1.165) is 77.7 Å². The molecule has 2 saturated heterocycles. The van der Waals surface area contributed by atoms with Crippen LogP contribution in [0.25, 0.3) is 0 Å². The molecule has 2 atom stereocenters. The van der Waals surface area contributed by atoms with E-state index >= 15 is 0 Å². The third kappa shape index (κ3) is 8.95. The summed E-state index contributed by atoms with van der Waals surface area (Å²) in [5.41, 5.74) is 5.39. The SMILES string of the molecule is CCNC(=NCC(C)CN1CCN(C)CC1)N1CCCC(CC(N)=O)C1.I. The Balaban J connectivity index is 0.00000364. The Morgan fingerprint density at radius 1 is 1.26 bits per heavy atom. The van der Waals surface area contributed by atoms with E-state index in [-0.39, 0.29) is 29.9 Å². The molecule has 0 radical (unpaired) electrons. The topological polar surface area (TPSA) is 77.2 Å². The van der Waals surface area contributed by atoms with Gasteiger partial charge in [0.05, 0.1) is 0 Å². The van der Waals surface area contributed by atoms with Crippen molar-refractivity contribution < 1.29 is 4.79 Å². The number of carbonyl (C=O) groups excluding carboxylic acids is 1. The lowest BCUT2D eigenvalue weighted by Crippen LogP contribution is -2.48. The number of amides is 1. The third-order valence-corrected chi connectivity index (χ3v) is 5.36. The molecule has 0 bridgehead atoms. The maximum absolute atomic E-state index is 11.2. The third-order valence-electron chi connectivity index (χ3n) is 5.36. The van der Waals surface area contributed by atoms with Crippen LogP contribution in [0.4, 0.5) is 0 Å². The zero-order chi connectivity index (χ0) is 18.9. The first-order valence-electron chi connectivity index (χ1n) is 10.2. The highest BCUT2D eigenvalue weighted by Crippen LogP contribution is 2.19. The minimum atomic E-state index is -0.195. The highest BCUT2D eigenvalue weighted by Gasteiger charge is 2.24. The molecular formula is C19H39IN6O. The van der Waals surface area contributed by atoms with Crippen LogP contribution in [0.1, 0.15) is 33.1 Å². The van der Waals surface area contributed by atoms with Crippen molar-refractivity contribution in [2.45, 2.75) is 33.1 Å². The molecule has 27 heavy (non-hydrogen) atoms. The molecule has 3 N–H and O–H groups in total. The summed E-state index contributed by atoms with van der Waals surface area (Å²) in [7, 11) is 2.19. The number of nitrogens with one attached hydrogen (secondary N) is 1. The van der Waals surface area contributed by atoms with E-state index in [0.29, 0.717) is 18.3 Å². The summed E-state index contributed by atoms with van der Waals surface area (Å²) >= 11 is 0. The number of hydrogen-bond donors (Lipinski definition) is 2. The molecule has 2 aliphatic rings. The van der Waals surface area contributed by atoms with Crippen LogP contribution in [-0.4, -0.2) is 92.5 Å². The molecule has 0 aromatic heterocycles. The van der Waals surface area contributed by atoms with Crippen molar-refractivity contribution in [3.8, 4) is 0 Å². The molecule has 2 rings (SSSR count). The van der Waals surface area contributed by atoms with Gasteiger partial charge in [0, 0.05) is 65.3 Å². The van der Waals surface area contributed by atoms with Crippen LogP contribution in [0.15, 0.2) is 4.99 Å². The van der Waals surface area contributed by atoms with Gasteiger partial charge in [-0.05, 0) is 38.6 Å². The number of aliphatic imine (C=N–C) groups is 1.